The van der Waals surface area contributed by atoms with Gasteiger partial charge in [0.2, 0.25) is 0 Å². The van der Waals surface area contributed by atoms with Crippen LogP contribution >= 0.6 is 0 Å². The minimum atomic E-state index is -0.00257. The van der Waals surface area contributed by atoms with Crippen LogP contribution in [0.5, 0.6) is 0 Å². The standard InChI is InChI=1S/C47H34/c1-27-28(2)47(3,4)40-26-32(22-23-33(27)40)41-42-35-17-9-6-13-30(35)20-24-38(42)46-44(37-19-11-15-29-12-5-8-16-34(29)37)43-36-18-10-7-14-31(36)21-25-39(43)45(41)46/h5-26H,1-4H3. The van der Waals surface area contributed by atoms with Gasteiger partial charge in [0, 0.05) is 5.41 Å². The number of rotatable bonds is 2. The molecule has 0 amide bonds. The molecule has 0 saturated heterocycles. The van der Waals surface area contributed by atoms with Crippen LogP contribution in [0.1, 0.15) is 72.2 Å². The molecule has 0 aromatic heterocycles. The van der Waals surface area contributed by atoms with Gasteiger partial charge in [0.1, 0.15) is 0 Å². The molecule has 10 rings (SSSR count). The van der Waals surface area contributed by atoms with E-state index in [1.165, 1.54) is 110 Å². The van der Waals surface area contributed by atoms with E-state index in [1.54, 1.807) is 0 Å². The molecule has 0 unspecified atom stereocenters. The van der Waals surface area contributed by atoms with Gasteiger partial charge in [-0.3, -0.25) is 0 Å². The minimum Gasteiger partial charge on any atom is -0.0616 e. The third kappa shape index (κ3) is 3.43. The topological polar surface area (TPSA) is 0 Å². The summed E-state index contributed by atoms with van der Waals surface area (Å²) in [7, 11) is 0. The molecular weight excluding hydrogens is 565 g/mol. The van der Waals surface area contributed by atoms with E-state index in [-0.39, 0.29) is 5.41 Å². The monoisotopic (exact) mass is 598 g/mol. The van der Waals surface area contributed by atoms with Crippen LogP contribution in [0.2, 0.25) is 0 Å². The molecule has 7 aromatic carbocycles. The van der Waals surface area contributed by atoms with E-state index in [9.17, 15) is 0 Å². The molecule has 0 spiro atoms. The van der Waals surface area contributed by atoms with Gasteiger partial charge < -0.3 is 0 Å². The van der Waals surface area contributed by atoms with Gasteiger partial charge in [0.05, 0.1) is 0 Å². The summed E-state index contributed by atoms with van der Waals surface area (Å²) in [5.74, 6) is 0. The summed E-state index contributed by atoms with van der Waals surface area (Å²) in [6.45, 7) is 9.37. The van der Waals surface area contributed by atoms with Crippen LogP contribution in [0.3, 0.4) is 0 Å². The molecule has 0 saturated carbocycles. The van der Waals surface area contributed by atoms with Crippen LogP contribution in [-0.4, -0.2) is 0 Å². The highest BCUT2D eigenvalue weighted by Gasteiger charge is 2.40. The highest BCUT2D eigenvalue weighted by atomic mass is 14.4. The average molecular weight is 599 g/mol. The van der Waals surface area contributed by atoms with Crippen molar-refractivity contribution < 1.29 is 0 Å². The van der Waals surface area contributed by atoms with Gasteiger partial charge in [-0.15, -0.1) is 0 Å². The number of allylic oxidation sites excluding steroid dienone is 4. The van der Waals surface area contributed by atoms with Crippen molar-refractivity contribution in [3.8, 4) is 0 Å². The Morgan fingerprint density at radius 2 is 0.915 bits per heavy atom. The first-order valence-corrected chi connectivity index (χ1v) is 16.8. The van der Waals surface area contributed by atoms with Gasteiger partial charge in [0.15, 0.2) is 0 Å². The van der Waals surface area contributed by atoms with Gasteiger partial charge in [-0.1, -0.05) is 147 Å². The van der Waals surface area contributed by atoms with Crippen molar-refractivity contribution in [2.75, 3.05) is 0 Å². The fourth-order valence-electron chi connectivity index (χ4n) is 8.96. The Hall–Kier alpha value is -5.46. The Kier molecular flexibility index (Phi) is 5.29. The molecule has 47 heavy (non-hydrogen) atoms. The zero-order valence-electron chi connectivity index (χ0n) is 27.2. The fourth-order valence-corrected chi connectivity index (χ4v) is 8.96. The van der Waals surface area contributed by atoms with E-state index in [2.05, 4.69) is 161 Å². The average Bonchev–Trinajstić information content (AvgIpc) is 3.69. The zero-order valence-corrected chi connectivity index (χ0v) is 27.2. The lowest BCUT2D eigenvalue weighted by atomic mass is 9.80. The van der Waals surface area contributed by atoms with E-state index in [4.69, 9.17) is 0 Å². The highest BCUT2D eigenvalue weighted by molar-refractivity contribution is 6.39. The molecule has 0 heterocycles. The molecule has 7 aromatic rings. The summed E-state index contributed by atoms with van der Waals surface area (Å²) in [5.41, 5.74) is 19.2. The summed E-state index contributed by atoms with van der Waals surface area (Å²) in [6.07, 6.45) is 0. The van der Waals surface area contributed by atoms with Gasteiger partial charge in [-0.05, 0) is 125 Å². The Morgan fingerprint density at radius 3 is 1.57 bits per heavy atom. The van der Waals surface area contributed by atoms with Crippen molar-refractivity contribution in [2.24, 2.45) is 0 Å². The third-order valence-corrected chi connectivity index (χ3v) is 11.6. The van der Waals surface area contributed by atoms with E-state index < -0.39 is 0 Å². The summed E-state index contributed by atoms with van der Waals surface area (Å²) in [6, 6.07) is 50.3. The molecule has 0 nitrogen and oxygen atoms in total. The quantitative estimate of drug-likeness (QED) is 0.186. The van der Waals surface area contributed by atoms with Gasteiger partial charge in [0.25, 0.3) is 0 Å². The second-order valence-electron chi connectivity index (χ2n) is 14.1. The predicted octanol–water partition coefficient (Wildman–Crippen LogP) is 12.5. The van der Waals surface area contributed by atoms with Crippen molar-refractivity contribution in [1.29, 1.82) is 0 Å². The SMILES string of the molecule is CC1=C(C)C(C)(C)c2cc(C3=C4C(=C(c5cccc6ccccc56)c5c4ccc4ccccc54)c4ccc5ccccc5c43)ccc21. The fraction of sp³-hybridized carbons (Fsp3) is 0.106. The summed E-state index contributed by atoms with van der Waals surface area (Å²) < 4.78 is 0. The van der Waals surface area contributed by atoms with Crippen LogP contribution in [0.15, 0.2) is 139 Å². The molecule has 0 fully saturated rings. The largest absolute Gasteiger partial charge is 0.0616 e. The lowest BCUT2D eigenvalue weighted by Crippen LogP contribution is -2.15. The van der Waals surface area contributed by atoms with Gasteiger partial charge >= 0.3 is 0 Å². The first-order valence-electron chi connectivity index (χ1n) is 16.8. The predicted molar refractivity (Wildman–Crippen MR) is 201 cm³/mol. The van der Waals surface area contributed by atoms with Crippen molar-refractivity contribution in [1.82, 2.24) is 0 Å². The number of fused-ring (bicyclic) bond motifs is 11. The molecule has 3 aliphatic rings. The number of hydrogen-bond donors (Lipinski definition) is 0. The maximum Gasteiger partial charge on any atom is 0.0114 e. The van der Waals surface area contributed by atoms with Gasteiger partial charge in [-0.25, -0.2) is 0 Å². The second kappa shape index (κ2) is 9.30. The Bertz CT molecular complexity index is 2640. The number of hydrogen-bond acceptors (Lipinski definition) is 0. The van der Waals surface area contributed by atoms with Crippen molar-refractivity contribution in [3.05, 3.63) is 184 Å². The molecule has 3 aliphatic carbocycles. The maximum atomic E-state index is 2.52. The summed E-state index contributed by atoms with van der Waals surface area (Å²) in [5, 5.41) is 7.76. The molecular formula is C47H34. The Labute approximate surface area is 276 Å². The molecule has 0 radical (unpaired) electrons. The van der Waals surface area contributed by atoms with Crippen LogP contribution in [0.25, 0.3) is 60.2 Å². The van der Waals surface area contributed by atoms with Crippen LogP contribution in [0.4, 0.5) is 0 Å². The third-order valence-electron chi connectivity index (χ3n) is 11.6. The van der Waals surface area contributed by atoms with Crippen molar-refractivity contribution in [2.45, 2.75) is 33.1 Å². The van der Waals surface area contributed by atoms with E-state index >= 15 is 0 Å². The molecule has 0 aliphatic heterocycles. The molecule has 0 heteroatoms. The number of benzene rings is 7. The molecule has 0 atom stereocenters. The van der Waals surface area contributed by atoms with E-state index in [0.717, 1.165) is 0 Å². The normalized spacial score (nSPS) is 16.0. The molecule has 0 N–H and O–H groups in total. The highest BCUT2D eigenvalue weighted by Crippen LogP contribution is 2.61. The smallest absolute Gasteiger partial charge is 0.0114 e. The van der Waals surface area contributed by atoms with Crippen LogP contribution in [-0.2, 0) is 5.41 Å². The Balaban J connectivity index is 1.41. The zero-order chi connectivity index (χ0) is 31.6. The maximum absolute atomic E-state index is 2.52. The van der Waals surface area contributed by atoms with Gasteiger partial charge in [-0.2, -0.15) is 0 Å². The summed E-state index contributed by atoms with van der Waals surface area (Å²) >= 11 is 0. The lowest BCUT2D eigenvalue weighted by Gasteiger charge is -2.23. The van der Waals surface area contributed by atoms with Crippen LogP contribution in [0, 0.1) is 0 Å². The van der Waals surface area contributed by atoms with Crippen molar-refractivity contribution >= 4 is 60.2 Å². The minimum absolute atomic E-state index is 0.00257. The lowest BCUT2D eigenvalue weighted by molar-refractivity contribution is 0.638. The second-order valence-corrected chi connectivity index (χ2v) is 14.1. The Morgan fingerprint density at radius 1 is 0.404 bits per heavy atom. The summed E-state index contributed by atoms with van der Waals surface area (Å²) in [4.78, 5) is 0. The van der Waals surface area contributed by atoms with E-state index in [0.29, 0.717) is 0 Å². The first-order chi connectivity index (χ1) is 22.9. The molecule has 222 valence electrons. The van der Waals surface area contributed by atoms with Crippen molar-refractivity contribution in [3.63, 3.8) is 0 Å². The van der Waals surface area contributed by atoms with E-state index in [1.807, 2.05) is 0 Å². The van der Waals surface area contributed by atoms with Crippen LogP contribution < -0.4 is 0 Å². The molecule has 0 bridgehead atoms. The first kappa shape index (κ1) is 26.7.